The van der Waals surface area contributed by atoms with Crippen LogP contribution in [0.3, 0.4) is 0 Å². The van der Waals surface area contributed by atoms with Crippen LogP contribution in [0.15, 0.2) is 37.1 Å². The predicted octanol–water partition coefficient (Wildman–Crippen LogP) is 2.07. The normalized spacial score (nSPS) is 24.9. The molecule has 3 nitrogen and oxygen atoms in total. The molecule has 0 aromatic carbocycles. The summed E-state index contributed by atoms with van der Waals surface area (Å²) < 4.78 is 0. The Hall–Kier alpha value is -1.19. The van der Waals surface area contributed by atoms with Crippen LogP contribution >= 0.6 is 0 Å². The van der Waals surface area contributed by atoms with E-state index in [-0.39, 0.29) is 0 Å². The van der Waals surface area contributed by atoms with Gasteiger partial charge in [0, 0.05) is 38.4 Å². The summed E-state index contributed by atoms with van der Waals surface area (Å²) in [6.45, 7) is 10.3. The van der Waals surface area contributed by atoms with E-state index in [1.807, 2.05) is 18.3 Å². The first-order chi connectivity index (χ1) is 8.79. The van der Waals surface area contributed by atoms with E-state index in [9.17, 15) is 0 Å². The summed E-state index contributed by atoms with van der Waals surface area (Å²) in [5, 5.41) is 3.55. The molecule has 18 heavy (non-hydrogen) atoms. The fourth-order valence-electron chi connectivity index (χ4n) is 2.63. The molecule has 0 bridgehead atoms. The van der Waals surface area contributed by atoms with E-state index >= 15 is 0 Å². The van der Waals surface area contributed by atoms with Crippen LogP contribution in [0.4, 0.5) is 0 Å². The third-order valence-corrected chi connectivity index (χ3v) is 3.63. The molecule has 3 heteroatoms. The molecule has 2 heterocycles. The number of hydrogen-bond donors (Lipinski definition) is 1. The van der Waals surface area contributed by atoms with Crippen molar-refractivity contribution in [3.8, 4) is 0 Å². The molecule has 0 amide bonds. The molecular formula is C15H23N3. The average Bonchev–Trinajstić information content (AvgIpc) is 2.39. The summed E-state index contributed by atoms with van der Waals surface area (Å²) in [5.74, 6) is 0.683. The molecular weight excluding hydrogens is 222 g/mol. The lowest BCUT2D eigenvalue weighted by atomic mass is 9.93. The summed E-state index contributed by atoms with van der Waals surface area (Å²) in [5.41, 5.74) is 1.17. The molecule has 1 aliphatic rings. The molecule has 2 atom stereocenters. The smallest absolute Gasteiger partial charge is 0.0543 e. The second-order valence-electron chi connectivity index (χ2n) is 5.13. The molecule has 1 aromatic rings. The third kappa shape index (κ3) is 3.65. The summed E-state index contributed by atoms with van der Waals surface area (Å²) in [6, 6.07) is 6.76. The lowest BCUT2D eigenvalue weighted by Gasteiger charge is -2.37. The summed E-state index contributed by atoms with van der Waals surface area (Å²) >= 11 is 0. The highest BCUT2D eigenvalue weighted by Gasteiger charge is 2.25. The van der Waals surface area contributed by atoms with Crippen molar-refractivity contribution in [2.45, 2.75) is 25.9 Å². The van der Waals surface area contributed by atoms with E-state index < -0.39 is 0 Å². The van der Waals surface area contributed by atoms with Gasteiger partial charge in [-0.05, 0) is 24.5 Å². The Labute approximate surface area is 110 Å². The molecule has 0 saturated carbocycles. The SMILES string of the molecule is C=CCN[C@H]1CCN(Cc2ccccn2)C[C@H]1C. The minimum absolute atomic E-state index is 0.628. The van der Waals surface area contributed by atoms with Crippen LogP contribution in [0.2, 0.25) is 0 Å². The number of aromatic nitrogens is 1. The fraction of sp³-hybridized carbons (Fsp3) is 0.533. The van der Waals surface area contributed by atoms with Crippen molar-refractivity contribution in [2.75, 3.05) is 19.6 Å². The highest BCUT2D eigenvalue weighted by Crippen LogP contribution is 2.18. The zero-order valence-corrected chi connectivity index (χ0v) is 11.2. The van der Waals surface area contributed by atoms with Crippen LogP contribution in [-0.2, 0) is 6.54 Å². The number of nitrogens with one attached hydrogen (secondary N) is 1. The van der Waals surface area contributed by atoms with E-state index in [4.69, 9.17) is 0 Å². The van der Waals surface area contributed by atoms with Gasteiger partial charge in [-0.3, -0.25) is 9.88 Å². The molecule has 0 aliphatic carbocycles. The lowest BCUT2D eigenvalue weighted by Crippen LogP contribution is -2.48. The molecule has 0 spiro atoms. The minimum Gasteiger partial charge on any atom is -0.310 e. The number of nitrogens with zero attached hydrogens (tertiary/aromatic N) is 2. The van der Waals surface area contributed by atoms with Gasteiger partial charge in [0.25, 0.3) is 0 Å². The molecule has 1 saturated heterocycles. The van der Waals surface area contributed by atoms with Crippen molar-refractivity contribution in [2.24, 2.45) is 5.92 Å². The molecule has 0 radical (unpaired) electrons. The van der Waals surface area contributed by atoms with Crippen LogP contribution in [0.5, 0.6) is 0 Å². The zero-order chi connectivity index (χ0) is 12.8. The number of piperidine rings is 1. The Morgan fingerprint density at radius 2 is 2.44 bits per heavy atom. The molecule has 1 aliphatic heterocycles. The Kier molecular flexibility index (Phi) is 4.90. The molecule has 1 aromatic heterocycles. The van der Waals surface area contributed by atoms with Crippen molar-refractivity contribution < 1.29 is 0 Å². The van der Waals surface area contributed by atoms with Gasteiger partial charge in [-0.1, -0.05) is 19.1 Å². The van der Waals surface area contributed by atoms with Crippen LogP contribution in [-0.4, -0.2) is 35.6 Å². The van der Waals surface area contributed by atoms with Gasteiger partial charge in [-0.2, -0.15) is 0 Å². The van der Waals surface area contributed by atoms with Crippen LogP contribution in [0, 0.1) is 5.92 Å². The molecule has 1 fully saturated rings. The van der Waals surface area contributed by atoms with Crippen molar-refractivity contribution >= 4 is 0 Å². The quantitative estimate of drug-likeness (QED) is 0.805. The van der Waals surface area contributed by atoms with Crippen LogP contribution in [0.1, 0.15) is 19.0 Å². The van der Waals surface area contributed by atoms with Gasteiger partial charge in [-0.15, -0.1) is 6.58 Å². The second-order valence-corrected chi connectivity index (χ2v) is 5.13. The number of hydrogen-bond acceptors (Lipinski definition) is 3. The Morgan fingerprint density at radius 3 is 3.11 bits per heavy atom. The summed E-state index contributed by atoms with van der Waals surface area (Å²) in [7, 11) is 0. The largest absolute Gasteiger partial charge is 0.310 e. The molecule has 2 rings (SSSR count). The van der Waals surface area contributed by atoms with Crippen molar-refractivity contribution in [1.29, 1.82) is 0 Å². The molecule has 98 valence electrons. The van der Waals surface area contributed by atoms with Crippen LogP contribution < -0.4 is 5.32 Å². The number of likely N-dealkylation sites (tertiary alicyclic amines) is 1. The number of rotatable bonds is 5. The third-order valence-electron chi connectivity index (χ3n) is 3.63. The van der Waals surface area contributed by atoms with E-state index in [0.29, 0.717) is 12.0 Å². The fourth-order valence-corrected chi connectivity index (χ4v) is 2.63. The highest BCUT2D eigenvalue weighted by atomic mass is 15.2. The van der Waals surface area contributed by atoms with E-state index in [1.165, 1.54) is 12.1 Å². The lowest BCUT2D eigenvalue weighted by molar-refractivity contribution is 0.141. The maximum absolute atomic E-state index is 4.40. The van der Waals surface area contributed by atoms with Gasteiger partial charge in [-0.25, -0.2) is 0 Å². The van der Waals surface area contributed by atoms with Gasteiger partial charge in [0.2, 0.25) is 0 Å². The van der Waals surface area contributed by atoms with Gasteiger partial charge in [0.1, 0.15) is 0 Å². The van der Waals surface area contributed by atoms with Crippen molar-refractivity contribution in [1.82, 2.24) is 15.2 Å². The second kappa shape index (κ2) is 6.66. The summed E-state index contributed by atoms with van der Waals surface area (Å²) in [6.07, 6.45) is 5.02. The standard InChI is InChI=1S/C15H23N3/c1-3-8-17-15-7-10-18(11-13(15)2)12-14-6-4-5-9-16-14/h3-6,9,13,15,17H,1,7-8,10-12H2,2H3/t13-,15+/m1/s1. The van der Waals surface area contributed by atoms with Crippen LogP contribution in [0.25, 0.3) is 0 Å². The first-order valence-corrected chi connectivity index (χ1v) is 6.76. The van der Waals surface area contributed by atoms with Gasteiger partial charge < -0.3 is 5.32 Å². The van der Waals surface area contributed by atoms with Crippen molar-refractivity contribution in [3.63, 3.8) is 0 Å². The van der Waals surface area contributed by atoms with E-state index in [1.54, 1.807) is 0 Å². The topological polar surface area (TPSA) is 28.2 Å². The monoisotopic (exact) mass is 245 g/mol. The highest BCUT2D eigenvalue weighted by molar-refractivity contribution is 5.03. The molecule has 1 N–H and O–H groups in total. The maximum Gasteiger partial charge on any atom is 0.0543 e. The maximum atomic E-state index is 4.40. The zero-order valence-electron chi connectivity index (χ0n) is 11.2. The number of pyridine rings is 1. The van der Waals surface area contributed by atoms with Gasteiger partial charge >= 0.3 is 0 Å². The first-order valence-electron chi connectivity index (χ1n) is 6.76. The summed E-state index contributed by atoms with van der Waals surface area (Å²) in [4.78, 5) is 6.90. The predicted molar refractivity (Wildman–Crippen MR) is 75.3 cm³/mol. The molecule has 0 unspecified atom stereocenters. The van der Waals surface area contributed by atoms with Gasteiger partial charge in [0.15, 0.2) is 0 Å². The Morgan fingerprint density at radius 1 is 1.56 bits per heavy atom. The van der Waals surface area contributed by atoms with Gasteiger partial charge in [0.05, 0.1) is 5.69 Å². The average molecular weight is 245 g/mol. The van der Waals surface area contributed by atoms with E-state index in [2.05, 4.69) is 40.8 Å². The first kappa shape index (κ1) is 13.2. The Balaban J connectivity index is 1.82. The Bertz CT molecular complexity index is 363. The van der Waals surface area contributed by atoms with Crippen molar-refractivity contribution in [3.05, 3.63) is 42.7 Å². The minimum atomic E-state index is 0.628. The van der Waals surface area contributed by atoms with E-state index in [0.717, 1.165) is 26.2 Å².